The van der Waals surface area contributed by atoms with Crippen LogP contribution in [0.2, 0.25) is 0 Å². The van der Waals surface area contributed by atoms with Crippen molar-refractivity contribution in [3.05, 3.63) is 78.8 Å². The lowest BCUT2D eigenvalue weighted by molar-refractivity contribution is 0.282. The smallest absolute Gasteiger partial charge is 0.132 e. The van der Waals surface area contributed by atoms with Gasteiger partial charge in [0.15, 0.2) is 0 Å². The molecule has 3 N–H and O–H groups in total. The van der Waals surface area contributed by atoms with E-state index in [1.54, 1.807) is 12.3 Å². The topological polar surface area (TPSA) is 77.0 Å². The first-order valence-electron chi connectivity index (χ1n) is 8.26. The van der Waals surface area contributed by atoms with E-state index in [0.29, 0.717) is 5.82 Å². The molecule has 0 amide bonds. The lowest BCUT2D eigenvalue weighted by Crippen LogP contribution is -2.00. The van der Waals surface area contributed by atoms with Crippen LogP contribution >= 0.6 is 0 Å². The fourth-order valence-electron chi connectivity index (χ4n) is 3.09. The summed E-state index contributed by atoms with van der Waals surface area (Å²) in [6, 6.07) is 15.7. The molecule has 0 bridgehead atoms. The molecule has 0 aliphatic carbocycles. The van der Waals surface area contributed by atoms with Gasteiger partial charge in [-0.2, -0.15) is 0 Å². The SMILES string of the molecule is C=Cc1cc2c(cn1)cc(-c1cccnc1N)n2-c1ccc(CO)cc1. The van der Waals surface area contributed by atoms with Crippen molar-refractivity contribution in [1.29, 1.82) is 0 Å². The van der Waals surface area contributed by atoms with E-state index in [4.69, 9.17) is 5.73 Å². The average molecular weight is 342 g/mol. The zero-order chi connectivity index (χ0) is 18.1. The largest absolute Gasteiger partial charge is 0.392 e. The molecule has 0 radical (unpaired) electrons. The van der Waals surface area contributed by atoms with Gasteiger partial charge in [-0.3, -0.25) is 4.98 Å². The predicted molar refractivity (Wildman–Crippen MR) is 105 cm³/mol. The minimum Gasteiger partial charge on any atom is -0.392 e. The molecule has 0 saturated carbocycles. The van der Waals surface area contributed by atoms with Crippen molar-refractivity contribution in [3.8, 4) is 16.9 Å². The quantitative estimate of drug-likeness (QED) is 0.591. The number of rotatable bonds is 4. The highest BCUT2D eigenvalue weighted by atomic mass is 16.3. The van der Waals surface area contributed by atoms with Crippen molar-refractivity contribution in [2.45, 2.75) is 6.61 Å². The molecular weight excluding hydrogens is 324 g/mol. The Morgan fingerprint density at radius 1 is 1.12 bits per heavy atom. The molecule has 5 nitrogen and oxygen atoms in total. The number of benzene rings is 1. The van der Waals surface area contributed by atoms with Gasteiger partial charge in [0.25, 0.3) is 0 Å². The summed E-state index contributed by atoms with van der Waals surface area (Å²) >= 11 is 0. The molecule has 4 rings (SSSR count). The number of fused-ring (bicyclic) bond motifs is 1. The van der Waals surface area contributed by atoms with E-state index < -0.39 is 0 Å². The van der Waals surface area contributed by atoms with Crippen molar-refractivity contribution < 1.29 is 5.11 Å². The van der Waals surface area contributed by atoms with E-state index in [9.17, 15) is 5.11 Å². The second-order valence-electron chi connectivity index (χ2n) is 6.00. The maximum Gasteiger partial charge on any atom is 0.132 e. The summed E-state index contributed by atoms with van der Waals surface area (Å²) < 4.78 is 2.12. The Morgan fingerprint density at radius 2 is 1.92 bits per heavy atom. The molecule has 0 spiro atoms. The number of aromatic nitrogens is 3. The lowest BCUT2D eigenvalue weighted by atomic mass is 10.1. The Kier molecular flexibility index (Phi) is 3.99. The number of pyridine rings is 2. The summed E-state index contributed by atoms with van der Waals surface area (Å²) in [7, 11) is 0. The zero-order valence-corrected chi connectivity index (χ0v) is 14.1. The van der Waals surface area contributed by atoms with Crippen LogP contribution < -0.4 is 5.73 Å². The minimum atomic E-state index is 0.0135. The normalized spacial score (nSPS) is 11.0. The van der Waals surface area contributed by atoms with Crippen molar-refractivity contribution in [1.82, 2.24) is 14.5 Å². The minimum absolute atomic E-state index is 0.0135. The summed E-state index contributed by atoms with van der Waals surface area (Å²) in [5.41, 5.74) is 11.6. The number of nitrogen functional groups attached to an aromatic ring is 1. The maximum atomic E-state index is 9.32. The summed E-state index contributed by atoms with van der Waals surface area (Å²) in [6.07, 6.45) is 5.24. The molecule has 0 atom stereocenters. The number of nitrogens with two attached hydrogens (primary N) is 1. The van der Waals surface area contributed by atoms with Gasteiger partial charge in [-0.25, -0.2) is 4.98 Å². The van der Waals surface area contributed by atoms with Crippen molar-refractivity contribution >= 4 is 22.8 Å². The Labute approximate surface area is 151 Å². The standard InChI is InChI=1S/C21H18N4O/c1-2-16-11-19-15(12-24-16)10-20(18-4-3-9-23-21(18)22)25(19)17-7-5-14(13-26)6-8-17/h2-12,26H,1,13H2,(H2,22,23). The molecule has 3 aromatic heterocycles. The van der Waals surface area contributed by atoms with Crippen LogP contribution in [0.4, 0.5) is 5.82 Å². The Balaban J connectivity index is 2.04. The third-order valence-corrected chi connectivity index (χ3v) is 4.41. The van der Waals surface area contributed by atoms with Gasteiger partial charge in [0, 0.05) is 29.0 Å². The highest BCUT2D eigenvalue weighted by Gasteiger charge is 2.15. The molecule has 5 heteroatoms. The zero-order valence-electron chi connectivity index (χ0n) is 14.1. The van der Waals surface area contributed by atoms with E-state index >= 15 is 0 Å². The van der Waals surface area contributed by atoms with Gasteiger partial charge >= 0.3 is 0 Å². The predicted octanol–water partition coefficient (Wildman–Crippen LogP) is 3.81. The molecular formula is C21H18N4O. The molecule has 0 unspecified atom stereocenters. The Bertz CT molecular complexity index is 1100. The summed E-state index contributed by atoms with van der Waals surface area (Å²) in [5, 5.41) is 10.3. The van der Waals surface area contributed by atoms with Crippen molar-refractivity contribution in [3.63, 3.8) is 0 Å². The van der Waals surface area contributed by atoms with Gasteiger partial charge in [-0.15, -0.1) is 0 Å². The molecule has 4 aromatic rings. The van der Waals surface area contributed by atoms with Crippen molar-refractivity contribution in [2.75, 3.05) is 5.73 Å². The van der Waals surface area contributed by atoms with Crippen LogP contribution in [0.3, 0.4) is 0 Å². The first-order valence-corrected chi connectivity index (χ1v) is 8.26. The van der Waals surface area contributed by atoms with Gasteiger partial charge in [0.1, 0.15) is 5.82 Å². The second-order valence-corrected chi connectivity index (χ2v) is 6.00. The van der Waals surface area contributed by atoms with Gasteiger partial charge < -0.3 is 15.4 Å². The van der Waals surface area contributed by atoms with Crippen LogP contribution in [0.25, 0.3) is 33.9 Å². The first-order chi connectivity index (χ1) is 12.7. The first kappa shape index (κ1) is 16.1. The van der Waals surface area contributed by atoms with Crippen LogP contribution in [0, 0.1) is 0 Å². The summed E-state index contributed by atoms with van der Waals surface area (Å²) in [6.45, 7) is 3.83. The fourth-order valence-corrected chi connectivity index (χ4v) is 3.09. The Hall–Kier alpha value is -3.44. The second kappa shape index (κ2) is 6.46. The summed E-state index contributed by atoms with van der Waals surface area (Å²) in [4.78, 5) is 8.63. The molecule has 1 aromatic carbocycles. The van der Waals surface area contributed by atoms with Crippen LogP contribution in [0.1, 0.15) is 11.3 Å². The molecule has 128 valence electrons. The van der Waals surface area contributed by atoms with Crippen LogP contribution in [0.5, 0.6) is 0 Å². The summed E-state index contributed by atoms with van der Waals surface area (Å²) in [5.74, 6) is 0.473. The third-order valence-electron chi connectivity index (χ3n) is 4.41. The van der Waals surface area contributed by atoms with Crippen molar-refractivity contribution in [2.24, 2.45) is 0 Å². The number of anilines is 1. The molecule has 0 aliphatic heterocycles. The van der Waals surface area contributed by atoms with Gasteiger partial charge in [0.05, 0.1) is 23.5 Å². The van der Waals surface area contributed by atoms with Crippen LogP contribution in [-0.2, 0) is 6.61 Å². The number of aliphatic hydroxyl groups excluding tert-OH is 1. The van der Waals surface area contributed by atoms with E-state index in [2.05, 4.69) is 27.2 Å². The van der Waals surface area contributed by atoms with E-state index in [-0.39, 0.29) is 6.61 Å². The van der Waals surface area contributed by atoms with Crippen LogP contribution in [0.15, 0.2) is 67.5 Å². The highest BCUT2D eigenvalue weighted by molar-refractivity contribution is 5.91. The van der Waals surface area contributed by atoms with Gasteiger partial charge in [-0.05, 0) is 48.0 Å². The third kappa shape index (κ3) is 2.64. The van der Waals surface area contributed by atoms with Gasteiger partial charge in [0.2, 0.25) is 0 Å². The van der Waals surface area contributed by atoms with E-state index in [1.165, 1.54) is 0 Å². The monoisotopic (exact) mass is 342 g/mol. The fraction of sp³-hybridized carbons (Fsp3) is 0.0476. The van der Waals surface area contributed by atoms with Crippen LogP contribution in [-0.4, -0.2) is 19.6 Å². The lowest BCUT2D eigenvalue weighted by Gasteiger charge is -2.13. The number of nitrogens with zero attached hydrogens (tertiary/aromatic N) is 3. The van der Waals surface area contributed by atoms with E-state index in [1.807, 2.05) is 48.7 Å². The number of hydrogen-bond acceptors (Lipinski definition) is 4. The number of aliphatic hydroxyl groups is 1. The number of hydrogen-bond donors (Lipinski definition) is 2. The highest BCUT2D eigenvalue weighted by Crippen LogP contribution is 2.33. The average Bonchev–Trinajstić information content (AvgIpc) is 3.06. The van der Waals surface area contributed by atoms with Gasteiger partial charge in [-0.1, -0.05) is 18.7 Å². The Morgan fingerprint density at radius 3 is 2.62 bits per heavy atom. The van der Waals surface area contributed by atoms with E-state index in [0.717, 1.165) is 39.1 Å². The molecule has 0 fully saturated rings. The maximum absolute atomic E-state index is 9.32. The molecule has 26 heavy (non-hydrogen) atoms. The molecule has 0 saturated heterocycles. The molecule has 3 heterocycles. The molecule has 0 aliphatic rings.